The Labute approximate surface area is 137 Å². The van der Waals surface area contributed by atoms with Crippen molar-refractivity contribution in [1.29, 1.82) is 0 Å². The van der Waals surface area contributed by atoms with Gasteiger partial charge in [-0.3, -0.25) is 4.79 Å². The van der Waals surface area contributed by atoms with E-state index in [1.165, 1.54) is 0 Å². The highest BCUT2D eigenvalue weighted by molar-refractivity contribution is 5.78. The number of carbonyl (C=O) groups is 1. The van der Waals surface area contributed by atoms with Crippen molar-refractivity contribution in [3.63, 3.8) is 0 Å². The van der Waals surface area contributed by atoms with Crippen LogP contribution in [-0.4, -0.2) is 42.6 Å². The number of rotatable bonds is 8. The summed E-state index contributed by atoms with van der Waals surface area (Å²) in [6, 6.07) is 9.66. The largest absolute Gasteiger partial charge is 0.444 e. The van der Waals surface area contributed by atoms with Gasteiger partial charge in [0.1, 0.15) is 6.26 Å². The van der Waals surface area contributed by atoms with Crippen molar-refractivity contribution in [1.82, 2.24) is 9.88 Å². The maximum absolute atomic E-state index is 12.5. The molecule has 0 aliphatic heterocycles. The number of carbonyl (C=O) groups excluding carboxylic acids is 1. The summed E-state index contributed by atoms with van der Waals surface area (Å²) in [5.74, 6) is 0.998. The van der Waals surface area contributed by atoms with Crippen LogP contribution in [0.4, 0.5) is 0 Å². The van der Waals surface area contributed by atoms with E-state index in [1.807, 2.05) is 35.2 Å². The van der Waals surface area contributed by atoms with Crippen LogP contribution in [-0.2, 0) is 16.0 Å². The monoisotopic (exact) mass is 316 g/mol. The number of aromatic nitrogens is 1. The van der Waals surface area contributed by atoms with Crippen LogP contribution in [0.15, 0.2) is 41.0 Å². The van der Waals surface area contributed by atoms with E-state index in [0.717, 1.165) is 5.56 Å². The van der Waals surface area contributed by atoms with E-state index in [-0.39, 0.29) is 12.3 Å². The van der Waals surface area contributed by atoms with Crippen LogP contribution in [0.2, 0.25) is 0 Å². The third kappa shape index (κ3) is 5.21. The lowest BCUT2D eigenvalue weighted by Gasteiger charge is -2.24. The second-order valence-electron chi connectivity index (χ2n) is 5.91. The van der Waals surface area contributed by atoms with E-state index < -0.39 is 0 Å². The lowest BCUT2D eigenvalue weighted by molar-refractivity contribution is -0.131. The number of hydrogen-bond donors (Lipinski definition) is 0. The number of methoxy groups -OCH3 is 1. The molecule has 1 aromatic carbocycles. The topological polar surface area (TPSA) is 55.6 Å². The molecule has 0 unspecified atom stereocenters. The van der Waals surface area contributed by atoms with Crippen LogP contribution < -0.4 is 0 Å². The molecule has 0 saturated carbocycles. The Kier molecular flexibility index (Phi) is 6.35. The summed E-state index contributed by atoms with van der Waals surface area (Å²) in [5, 5.41) is 0. The molecule has 5 heteroatoms. The third-order valence-electron chi connectivity index (χ3n) is 3.41. The van der Waals surface area contributed by atoms with Crippen LogP contribution in [0.25, 0.3) is 11.5 Å². The first kappa shape index (κ1) is 17.2. The predicted molar refractivity (Wildman–Crippen MR) is 88.9 cm³/mol. The molecule has 5 nitrogen and oxygen atoms in total. The Morgan fingerprint density at radius 2 is 2.04 bits per heavy atom. The zero-order valence-corrected chi connectivity index (χ0v) is 14.0. The molecule has 2 rings (SSSR count). The molecule has 0 radical (unpaired) electrons. The van der Waals surface area contributed by atoms with Gasteiger partial charge in [0.05, 0.1) is 18.7 Å². The minimum absolute atomic E-state index is 0.0451. The Hall–Kier alpha value is -2.14. The van der Waals surface area contributed by atoms with Crippen molar-refractivity contribution in [2.75, 3.05) is 26.8 Å². The molecule has 1 aromatic heterocycles. The molecule has 0 bridgehead atoms. The highest BCUT2D eigenvalue weighted by Gasteiger charge is 2.17. The van der Waals surface area contributed by atoms with Gasteiger partial charge in [-0.1, -0.05) is 32.0 Å². The van der Waals surface area contributed by atoms with Gasteiger partial charge in [-0.2, -0.15) is 0 Å². The van der Waals surface area contributed by atoms with E-state index in [2.05, 4.69) is 18.8 Å². The molecule has 0 spiro atoms. The second-order valence-corrected chi connectivity index (χ2v) is 5.91. The zero-order valence-electron chi connectivity index (χ0n) is 14.0. The second kappa shape index (κ2) is 8.48. The lowest BCUT2D eigenvalue weighted by atomic mass is 10.2. The summed E-state index contributed by atoms with van der Waals surface area (Å²) >= 11 is 0. The first-order valence-electron chi connectivity index (χ1n) is 7.86. The Morgan fingerprint density at radius 1 is 1.30 bits per heavy atom. The summed E-state index contributed by atoms with van der Waals surface area (Å²) < 4.78 is 10.6. The molecule has 124 valence electrons. The molecule has 2 aromatic rings. The summed E-state index contributed by atoms with van der Waals surface area (Å²) in [4.78, 5) is 18.7. The van der Waals surface area contributed by atoms with Gasteiger partial charge < -0.3 is 14.1 Å². The van der Waals surface area contributed by atoms with Crippen LogP contribution in [0.5, 0.6) is 0 Å². The molecule has 0 aliphatic carbocycles. The molecule has 0 N–H and O–H groups in total. The average molecular weight is 316 g/mol. The summed E-state index contributed by atoms with van der Waals surface area (Å²) in [5.41, 5.74) is 1.56. The van der Waals surface area contributed by atoms with Gasteiger partial charge >= 0.3 is 0 Å². The minimum Gasteiger partial charge on any atom is -0.444 e. The van der Waals surface area contributed by atoms with Crippen LogP contribution in [0.1, 0.15) is 19.5 Å². The van der Waals surface area contributed by atoms with E-state index in [0.29, 0.717) is 37.2 Å². The first-order valence-corrected chi connectivity index (χ1v) is 7.86. The standard InChI is InChI=1S/C18H24N2O3/c1-14(2)12-20(9-10-22-3)17(21)11-16-13-23-18(19-16)15-7-5-4-6-8-15/h4-8,13-14H,9-12H2,1-3H3. The van der Waals surface area contributed by atoms with Crippen molar-refractivity contribution < 1.29 is 13.9 Å². The normalized spacial score (nSPS) is 11.0. The predicted octanol–water partition coefficient (Wildman–Crippen LogP) is 3.02. The van der Waals surface area contributed by atoms with Crippen LogP contribution >= 0.6 is 0 Å². The zero-order chi connectivity index (χ0) is 16.7. The fourth-order valence-electron chi connectivity index (χ4n) is 2.33. The molecule has 23 heavy (non-hydrogen) atoms. The quantitative estimate of drug-likeness (QED) is 0.751. The Morgan fingerprint density at radius 3 is 2.70 bits per heavy atom. The number of hydrogen-bond acceptors (Lipinski definition) is 4. The van der Waals surface area contributed by atoms with Crippen molar-refractivity contribution in [2.45, 2.75) is 20.3 Å². The average Bonchev–Trinajstić information content (AvgIpc) is 3.00. The minimum atomic E-state index is 0.0451. The highest BCUT2D eigenvalue weighted by atomic mass is 16.5. The van der Waals surface area contributed by atoms with E-state index >= 15 is 0 Å². The van der Waals surface area contributed by atoms with Crippen LogP contribution in [0, 0.1) is 5.92 Å². The molecule has 0 saturated heterocycles. The SMILES string of the molecule is COCCN(CC(C)C)C(=O)Cc1coc(-c2ccccc2)n1. The number of ether oxygens (including phenoxy) is 1. The van der Waals surface area contributed by atoms with E-state index in [4.69, 9.17) is 9.15 Å². The Balaban J connectivity index is 2.02. The smallest absolute Gasteiger partial charge is 0.228 e. The van der Waals surface area contributed by atoms with Gasteiger partial charge in [-0.05, 0) is 18.1 Å². The maximum atomic E-state index is 12.5. The molecule has 0 fully saturated rings. The number of benzene rings is 1. The van der Waals surface area contributed by atoms with Gasteiger partial charge in [-0.25, -0.2) is 4.98 Å². The molecule has 0 aliphatic rings. The first-order chi connectivity index (χ1) is 11.1. The van der Waals surface area contributed by atoms with Crippen LogP contribution in [0.3, 0.4) is 0 Å². The maximum Gasteiger partial charge on any atom is 0.228 e. The van der Waals surface area contributed by atoms with Gasteiger partial charge in [-0.15, -0.1) is 0 Å². The van der Waals surface area contributed by atoms with Gasteiger partial charge in [0.15, 0.2) is 0 Å². The molecule has 1 amide bonds. The number of nitrogens with zero attached hydrogens (tertiary/aromatic N) is 2. The van der Waals surface area contributed by atoms with Gasteiger partial charge in [0.25, 0.3) is 0 Å². The fourth-order valence-corrected chi connectivity index (χ4v) is 2.33. The summed E-state index contributed by atoms with van der Waals surface area (Å²) in [7, 11) is 1.64. The van der Waals surface area contributed by atoms with E-state index in [9.17, 15) is 4.79 Å². The third-order valence-corrected chi connectivity index (χ3v) is 3.41. The molecule has 0 atom stereocenters. The molecular weight excluding hydrogens is 292 g/mol. The fraction of sp³-hybridized carbons (Fsp3) is 0.444. The Bertz CT molecular complexity index is 608. The van der Waals surface area contributed by atoms with E-state index in [1.54, 1.807) is 13.4 Å². The van der Waals surface area contributed by atoms with Crippen molar-refractivity contribution in [3.05, 3.63) is 42.3 Å². The number of oxazole rings is 1. The molecule has 1 heterocycles. The highest BCUT2D eigenvalue weighted by Crippen LogP contribution is 2.18. The number of amides is 1. The van der Waals surface area contributed by atoms with Crippen molar-refractivity contribution in [3.8, 4) is 11.5 Å². The molecular formula is C18H24N2O3. The summed E-state index contributed by atoms with van der Waals surface area (Å²) in [6.45, 7) is 6.03. The lowest BCUT2D eigenvalue weighted by Crippen LogP contribution is -2.37. The summed E-state index contributed by atoms with van der Waals surface area (Å²) in [6.07, 6.45) is 1.80. The van der Waals surface area contributed by atoms with Crippen molar-refractivity contribution in [2.24, 2.45) is 5.92 Å². The van der Waals surface area contributed by atoms with Crippen molar-refractivity contribution >= 4 is 5.91 Å². The van der Waals surface area contributed by atoms with Gasteiger partial charge in [0, 0.05) is 25.8 Å². The van der Waals surface area contributed by atoms with Gasteiger partial charge in [0.2, 0.25) is 11.8 Å².